The van der Waals surface area contributed by atoms with Crippen LogP contribution >= 0.6 is 0 Å². The second-order valence-electron chi connectivity index (χ2n) is 5.41. The maximum absolute atomic E-state index is 5.31. The molecule has 0 aliphatic carbocycles. The molecule has 0 fully saturated rings. The lowest BCUT2D eigenvalue weighted by Crippen LogP contribution is -2.24. The number of aromatic nitrogens is 1. The van der Waals surface area contributed by atoms with Crippen LogP contribution in [0.3, 0.4) is 0 Å². The van der Waals surface area contributed by atoms with Crippen LogP contribution < -0.4 is 10.1 Å². The maximum atomic E-state index is 5.31. The molecule has 2 rings (SSSR count). The first kappa shape index (κ1) is 15.5. The Kier molecular flexibility index (Phi) is 5.34. The number of ether oxygens (including phenoxy) is 1. The molecule has 0 amide bonds. The molecule has 1 unspecified atom stereocenters. The van der Waals surface area contributed by atoms with Crippen molar-refractivity contribution in [1.82, 2.24) is 10.3 Å². The Labute approximate surface area is 127 Å². The summed E-state index contributed by atoms with van der Waals surface area (Å²) in [6, 6.07) is 8.79. The number of nitrogens with zero attached hydrogens (tertiary/aromatic N) is 1. The summed E-state index contributed by atoms with van der Waals surface area (Å²) in [5.74, 6) is 0.793. The van der Waals surface area contributed by atoms with Crippen molar-refractivity contribution in [2.24, 2.45) is 0 Å². The van der Waals surface area contributed by atoms with Gasteiger partial charge in [-0.2, -0.15) is 0 Å². The summed E-state index contributed by atoms with van der Waals surface area (Å²) in [7, 11) is 1.67. The number of rotatable bonds is 6. The monoisotopic (exact) mass is 284 g/mol. The first-order chi connectivity index (χ1) is 10.2. The van der Waals surface area contributed by atoms with Gasteiger partial charge in [-0.3, -0.25) is 4.98 Å². The summed E-state index contributed by atoms with van der Waals surface area (Å²) in [5, 5.41) is 3.63. The van der Waals surface area contributed by atoms with E-state index in [1.165, 1.54) is 16.7 Å². The molecule has 0 aliphatic heterocycles. The fourth-order valence-electron chi connectivity index (χ4n) is 2.47. The number of hydrogen-bond acceptors (Lipinski definition) is 3. The Morgan fingerprint density at radius 2 is 2.00 bits per heavy atom. The molecule has 1 atom stereocenters. The second kappa shape index (κ2) is 7.23. The molecule has 112 valence electrons. The van der Waals surface area contributed by atoms with Gasteiger partial charge in [-0.05, 0) is 49.6 Å². The minimum Gasteiger partial charge on any atom is -0.495 e. The molecule has 0 saturated heterocycles. The molecule has 1 aromatic heterocycles. The molecule has 1 heterocycles. The van der Waals surface area contributed by atoms with Crippen LogP contribution in [0.4, 0.5) is 0 Å². The van der Waals surface area contributed by atoms with Crippen LogP contribution in [-0.2, 0) is 0 Å². The van der Waals surface area contributed by atoms with E-state index in [0.717, 1.165) is 24.3 Å². The minimum absolute atomic E-state index is 0.146. The second-order valence-corrected chi connectivity index (χ2v) is 5.41. The zero-order valence-electron chi connectivity index (χ0n) is 13.3. The van der Waals surface area contributed by atoms with E-state index in [2.05, 4.69) is 55.3 Å². The lowest BCUT2D eigenvalue weighted by Gasteiger charge is -2.22. The Hall–Kier alpha value is -1.87. The lowest BCUT2D eigenvalue weighted by atomic mass is 9.94. The number of benzene rings is 1. The summed E-state index contributed by atoms with van der Waals surface area (Å²) in [5.41, 5.74) is 5.00. The van der Waals surface area contributed by atoms with Gasteiger partial charge in [0.15, 0.2) is 0 Å². The highest BCUT2D eigenvalue weighted by molar-refractivity contribution is 5.40. The molecule has 1 N–H and O–H groups in total. The van der Waals surface area contributed by atoms with Crippen LogP contribution in [0.25, 0.3) is 0 Å². The van der Waals surface area contributed by atoms with Crippen LogP contribution in [0.2, 0.25) is 0 Å². The van der Waals surface area contributed by atoms with E-state index in [4.69, 9.17) is 4.74 Å². The first-order valence-electron chi connectivity index (χ1n) is 7.45. The van der Waals surface area contributed by atoms with Crippen LogP contribution in [0.15, 0.2) is 36.7 Å². The highest BCUT2D eigenvalue weighted by atomic mass is 16.5. The van der Waals surface area contributed by atoms with Gasteiger partial charge < -0.3 is 10.1 Å². The van der Waals surface area contributed by atoms with Crippen molar-refractivity contribution < 1.29 is 4.74 Å². The molecule has 1 aromatic carbocycles. The van der Waals surface area contributed by atoms with Crippen molar-refractivity contribution in [3.05, 3.63) is 58.9 Å². The zero-order chi connectivity index (χ0) is 15.2. The standard InChI is InChI=1S/C18H24N2O/c1-5-8-20-18(15-10-16(21-4)12-19-11-15)17-9-13(2)6-7-14(17)3/h6-7,9-12,18,20H,5,8H2,1-4H3. The molecular weight excluding hydrogens is 260 g/mol. The van der Waals surface area contributed by atoms with Crippen LogP contribution in [-0.4, -0.2) is 18.6 Å². The SMILES string of the molecule is CCCNC(c1cncc(OC)c1)c1cc(C)ccc1C. The van der Waals surface area contributed by atoms with Crippen molar-refractivity contribution >= 4 is 0 Å². The number of methoxy groups -OCH3 is 1. The third-order valence-corrected chi connectivity index (χ3v) is 3.65. The average Bonchev–Trinajstić information content (AvgIpc) is 2.51. The van der Waals surface area contributed by atoms with Gasteiger partial charge in [0, 0.05) is 6.20 Å². The van der Waals surface area contributed by atoms with Crippen molar-refractivity contribution in [3.8, 4) is 5.75 Å². The number of hydrogen-bond donors (Lipinski definition) is 1. The fraction of sp³-hybridized carbons (Fsp3) is 0.389. The molecule has 0 radical (unpaired) electrons. The van der Waals surface area contributed by atoms with Gasteiger partial charge in [-0.1, -0.05) is 30.7 Å². The van der Waals surface area contributed by atoms with Crippen molar-refractivity contribution in [2.45, 2.75) is 33.2 Å². The molecule has 0 spiro atoms. The fourth-order valence-corrected chi connectivity index (χ4v) is 2.47. The summed E-state index contributed by atoms with van der Waals surface area (Å²) in [4.78, 5) is 4.30. The molecule has 0 aliphatic rings. The number of pyridine rings is 1. The van der Waals surface area contributed by atoms with E-state index in [1.54, 1.807) is 13.3 Å². The van der Waals surface area contributed by atoms with E-state index in [9.17, 15) is 0 Å². The predicted molar refractivity (Wildman–Crippen MR) is 86.8 cm³/mol. The van der Waals surface area contributed by atoms with Crippen molar-refractivity contribution in [1.29, 1.82) is 0 Å². The van der Waals surface area contributed by atoms with Crippen LogP contribution in [0.1, 0.15) is 41.6 Å². The quantitative estimate of drug-likeness (QED) is 0.876. The van der Waals surface area contributed by atoms with Gasteiger partial charge >= 0.3 is 0 Å². The van der Waals surface area contributed by atoms with Gasteiger partial charge in [-0.25, -0.2) is 0 Å². The van der Waals surface area contributed by atoms with Crippen LogP contribution in [0.5, 0.6) is 5.75 Å². The van der Waals surface area contributed by atoms with E-state index >= 15 is 0 Å². The normalized spacial score (nSPS) is 12.2. The van der Waals surface area contributed by atoms with E-state index in [0.29, 0.717) is 0 Å². The van der Waals surface area contributed by atoms with Gasteiger partial charge in [0.25, 0.3) is 0 Å². The summed E-state index contributed by atoms with van der Waals surface area (Å²) in [6.45, 7) is 7.43. The lowest BCUT2D eigenvalue weighted by molar-refractivity contribution is 0.411. The molecule has 0 bridgehead atoms. The van der Waals surface area contributed by atoms with Crippen LogP contribution in [0, 0.1) is 13.8 Å². The molecule has 21 heavy (non-hydrogen) atoms. The summed E-state index contributed by atoms with van der Waals surface area (Å²) >= 11 is 0. The Morgan fingerprint density at radius 3 is 2.71 bits per heavy atom. The third-order valence-electron chi connectivity index (χ3n) is 3.65. The number of aryl methyl sites for hydroxylation is 2. The average molecular weight is 284 g/mol. The molecule has 3 heteroatoms. The molecular formula is C18H24N2O. The molecule has 0 saturated carbocycles. The highest BCUT2D eigenvalue weighted by Gasteiger charge is 2.16. The zero-order valence-corrected chi connectivity index (χ0v) is 13.3. The smallest absolute Gasteiger partial charge is 0.137 e. The van der Waals surface area contributed by atoms with E-state index in [1.807, 2.05) is 6.20 Å². The maximum Gasteiger partial charge on any atom is 0.137 e. The summed E-state index contributed by atoms with van der Waals surface area (Å²) in [6.07, 6.45) is 4.75. The summed E-state index contributed by atoms with van der Waals surface area (Å²) < 4.78 is 5.31. The number of nitrogens with one attached hydrogen (secondary N) is 1. The Bertz CT molecular complexity index is 596. The molecule has 3 nitrogen and oxygen atoms in total. The largest absolute Gasteiger partial charge is 0.495 e. The van der Waals surface area contributed by atoms with E-state index in [-0.39, 0.29) is 6.04 Å². The van der Waals surface area contributed by atoms with Crippen molar-refractivity contribution in [2.75, 3.05) is 13.7 Å². The predicted octanol–water partition coefficient (Wildman–Crippen LogP) is 3.80. The Morgan fingerprint density at radius 1 is 1.19 bits per heavy atom. The minimum atomic E-state index is 0.146. The topological polar surface area (TPSA) is 34.2 Å². The van der Waals surface area contributed by atoms with E-state index < -0.39 is 0 Å². The van der Waals surface area contributed by atoms with Crippen molar-refractivity contribution in [3.63, 3.8) is 0 Å². The molecule has 2 aromatic rings. The third kappa shape index (κ3) is 3.82. The van der Waals surface area contributed by atoms with Gasteiger partial charge in [-0.15, -0.1) is 0 Å². The van der Waals surface area contributed by atoms with Gasteiger partial charge in [0.05, 0.1) is 19.3 Å². The van der Waals surface area contributed by atoms with Gasteiger partial charge in [0.2, 0.25) is 0 Å². The highest BCUT2D eigenvalue weighted by Crippen LogP contribution is 2.27. The Balaban J connectivity index is 2.44. The van der Waals surface area contributed by atoms with Gasteiger partial charge in [0.1, 0.15) is 5.75 Å². The first-order valence-corrected chi connectivity index (χ1v) is 7.45.